The van der Waals surface area contributed by atoms with Crippen molar-refractivity contribution in [2.75, 3.05) is 13.2 Å². The van der Waals surface area contributed by atoms with Crippen LogP contribution in [0.2, 0.25) is 0 Å². The molecule has 0 bridgehead atoms. The lowest BCUT2D eigenvalue weighted by atomic mass is 10.2. The van der Waals surface area contributed by atoms with Crippen molar-refractivity contribution in [1.82, 2.24) is 0 Å². The van der Waals surface area contributed by atoms with E-state index in [2.05, 4.69) is 61.6 Å². The van der Waals surface area contributed by atoms with Crippen LogP contribution in [0.25, 0.3) is 0 Å². The third-order valence-electron chi connectivity index (χ3n) is 3.81. The standard InChI is InChI=1S/C25H40O3/c1-4-7-8-9-10-11-12-13-14-15-16-17-18-19-20-21-22-24(28-23-5-2)25(26)27-6-3/h7-8,10-11,13-14,16-17,20-21,24H,4-6,9,12,15,18-19,22-23H2,1-3H3/b8-7-,11-10-,14-13-,17-16-,21-20+. The molecule has 0 heterocycles. The normalized spacial score (nSPS) is 13.7. The van der Waals surface area contributed by atoms with Gasteiger partial charge in [-0.3, -0.25) is 0 Å². The zero-order valence-electron chi connectivity index (χ0n) is 18.1. The van der Waals surface area contributed by atoms with Gasteiger partial charge in [0.05, 0.1) is 6.61 Å². The van der Waals surface area contributed by atoms with E-state index in [-0.39, 0.29) is 5.97 Å². The summed E-state index contributed by atoms with van der Waals surface area (Å²) in [5.41, 5.74) is 0. The molecular weight excluding hydrogens is 348 g/mol. The molecule has 1 atom stereocenters. The summed E-state index contributed by atoms with van der Waals surface area (Å²) in [5, 5.41) is 0. The van der Waals surface area contributed by atoms with Gasteiger partial charge in [0.15, 0.2) is 6.10 Å². The molecule has 28 heavy (non-hydrogen) atoms. The Kier molecular flexibility index (Phi) is 20.0. The van der Waals surface area contributed by atoms with E-state index in [1.165, 1.54) is 0 Å². The topological polar surface area (TPSA) is 35.5 Å². The Morgan fingerprint density at radius 1 is 0.750 bits per heavy atom. The average molecular weight is 389 g/mol. The molecule has 1 unspecified atom stereocenters. The molecule has 0 aromatic rings. The highest BCUT2D eigenvalue weighted by molar-refractivity contribution is 5.74. The number of ether oxygens (including phenoxy) is 2. The molecular formula is C25H40O3. The van der Waals surface area contributed by atoms with Crippen molar-refractivity contribution < 1.29 is 14.3 Å². The minimum atomic E-state index is -0.478. The highest BCUT2D eigenvalue weighted by Crippen LogP contribution is 2.05. The molecule has 0 fully saturated rings. The number of rotatable bonds is 17. The Balaban J connectivity index is 3.84. The third kappa shape index (κ3) is 17.5. The molecule has 0 aromatic carbocycles. The summed E-state index contributed by atoms with van der Waals surface area (Å²) in [4.78, 5) is 11.8. The van der Waals surface area contributed by atoms with Gasteiger partial charge in [0, 0.05) is 13.0 Å². The first-order chi connectivity index (χ1) is 13.8. The molecule has 0 rings (SSSR count). The molecule has 0 N–H and O–H groups in total. The van der Waals surface area contributed by atoms with Crippen LogP contribution in [0.5, 0.6) is 0 Å². The van der Waals surface area contributed by atoms with E-state index >= 15 is 0 Å². The van der Waals surface area contributed by atoms with Crippen LogP contribution in [0, 0.1) is 0 Å². The first-order valence-electron chi connectivity index (χ1n) is 10.8. The van der Waals surface area contributed by atoms with Gasteiger partial charge >= 0.3 is 5.97 Å². The fourth-order valence-electron chi connectivity index (χ4n) is 2.36. The second-order valence-corrected chi connectivity index (χ2v) is 6.40. The fraction of sp³-hybridized carbons (Fsp3) is 0.560. The van der Waals surface area contributed by atoms with Crippen LogP contribution in [0.15, 0.2) is 60.8 Å². The van der Waals surface area contributed by atoms with Gasteiger partial charge in [0.1, 0.15) is 0 Å². The van der Waals surface area contributed by atoms with Crippen LogP contribution in [0.1, 0.15) is 72.1 Å². The van der Waals surface area contributed by atoms with Gasteiger partial charge < -0.3 is 9.47 Å². The van der Waals surface area contributed by atoms with Gasteiger partial charge in [-0.25, -0.2) is 4.79 Å². The first kappa shape index (κ1) is 26.1. The third-order valence-corrected chi connectivity index (χ3v) is 3.81. The largest absolute Gasteiger partial charge is 0.464 e. The number of unbranched alkanes of at least 4 members (excludes halogenated alkanes) is 1. The van der Waals surface area contributed by atoms with E-state index in [0.29, 0.717) is 19.6 Å². The van der Waals surface area contributed by atoms with Crippen LogP contribution in [-0.4, -0.2) is 25.3 Å². The summed E-state index contributed by atoms with van der Waals surface area (Å²) in [7, 11) is 0. The maximum atomic E-state index is 11.8. The van der Waals surface area contributed by atoms with Crippen LogP contribution >= 0.6 is 0 Å². The van der Waals surface area contributed by atoms with Crippen molar-refractivity contribution >= 4 is 5.97 Å². The van der Waals surface area contributed by atoms with Crippen molar-refractivity contribution in [2.45, 2.75) is 78.2 Å². The lowest BCUT2D eigenvalue weighted by molar-refractivity contribution is -0.156. The zero-order valence-corrected chi connectivity index (χ0v) is 18.1. The van der Waals surface area contributed by atoms with E-state index in [1.807, 2.05) is 19.9 Å². The van der Waals surface area contributed by atoms with Crippen LogP contribution in [-0.2, 0) is 14.3 Å². The molecule has 0 saturated carbocycles. The second-order valence-electron chi connectivity index (χ2n) is 6.40. The maximum absolute atomic E-state index is 11.8. The molecule has 0 saturated heterocycles. The molecule has 3 heteroatoms. The van der Waals surface area contributed by atoms with E-state index in [0.717, 1.165) is 44.9 Å². The van der Waals surface area contributed by atoms with Gasteiger partial charge in [-0.1, -0.05) is 74.6 Å². The molecule has 0 aliphatic carbocycles. The van der Waals surface area contributed by atoms with E-state index < -0.39 is 6.10 Å². The molecule has 0 aromatic heterocycles. The monoisotopic (exact) mass is 388 g/mol. The quantitative estimate of drug-likeness (QED) is 0.155. The SMILES string of the molecule is CC/C=C\C/C=C\C/C=C\C/C=C\CC/C=C/CC(OCCC)C(=O)OCC. The lowest BCUT2D eigenvalue weighted by Crippen LogP contribution is -2.26. The predicted molar refractivity (Wildman–Crippen MR) is 120 cm³/mol. The Morgan fingerprint density at radius 3 is 1.82 bits per heavy atom. The van der Waals surface area contributed by atoms with Gasteiger partial charge in [-0.05, 0) is 51.9 Å². The number of hydrogen-bond donors (Lipinski definition) is 0. The minimum absolute atomic E-state index is 0.264. The average Bonchev–Trinajstić information content (AvgIpc) is 2.70. The Bertz CT molecular complexity index is 498. The van der Waals surface area contributed by atoms with Gasteiger partial charge in [-0.15, -0.1) is 0 Å². The minimum Gasteiger partial charge on any atom is -0.464 e. The van der Waals surface area contributed by atoms with Crippen molar-refractivity contribution in [3.8, 4) is 0 Å². The van der Waals surface area contributed by atoms with Crippen LogP contribution < -0.4 is 0 Å². The summed E-state index contributed by atoms with van der Waals surface area (Å²) >= 11 is 0. The van der Waals surface area contributed by atoms with Gasteiger partial charge in [0.2, 0.25) is 0 Å². The number of carbonyl (C=O) groups is 1. The molecule has 158 valence electrons. The number of esters is 1. The zero-order chi connectivity index (χ0) is 20.7. The number of hydrogen-bond acceptors (Lipinski definition) is 3. The number of allylic oxidation sites excluding steroid dienone is 9. The molecule has 3 nitrogen and oxygen atoms in total. The predicted octanol–water partition coefficient (Wildman–Crippen LogP) is 6.88. The second kappa shape index (κ2) is 21.4. The van der Waals surface area contributed by atoms with Crippen LogP contribution in [0.3, 0.4) is 0 Å². The highest BCUT2D eigenvalue weighted by atomic mass is 16.6. The molecule has 0 aliphatic heterocycles. The first-order valence-corrected chi connectivity index (χ1v) is 10.8. The summed E-state index contributed by atoms with van der Waals surface area (Å²) < 4.78 is 10.6. The van der Waals surface area contributed by atoms with Crippen LogP contribution in [0.4, 0.5) is 0 Å². The molecule has 0 aliphatic rings. The lowest BCUT2D eigenvalue weighted by Gasteiger charge is -2.14. The maximum Gasteiger partial charge on any atom is 0.335 e. The highest BCUT2D eigenvalue weighted by Gasteiger charge is 2.18. The fourth-order valence-corrected chi connectivity index (χ4v) is 2.36. The molecule has 0 amide bonds. The summed E-state index contributed by atoms with van der Waals surface area (Å²) in [6.45, 7) is 6.97. The molecule has 0 spiro atoms. The Labute approximate surface area is 172 Å². The van der Waals surface area contributed by atoms with Gasteiger partial charge in [-0.2, -0.15) is 0 Å². The molecule has 0 radical (unpaired) electrons. The summed E-state index contributed by atoms with van der Waals surface area (Å²) in [6, 6.07) is 0. The Hall–Kier alpha value is -1.87. The van der Waals surface area contributed by atoms with Crippen molar-refractivity contribution in [2.24, 2.45) is 0 Å². The van der Waals surface area contributed by atoms with Crippen molar-refractivity contribution in [3.05, 3.63) is 60.8 Å². The van der Waals surface area contributed by atoms with E-state index in [1.54, 1.807) is 0 Å². The van der Waals surface area contributed by atoms with E-state index in [4.69, 9.17) is 9.47 Å². The van der Waals surface area contributed by atoms with Crippen molar-refractivity contribution in [1.29, 1.82) is 0 Å². The van der Waals surface area contributed by atoms with Crippen molar-refractivity contribution in [3.63, 3.8) is 0 Å². The smallest absolute Gasteiger partial charge is 0.335 e. The van der Waals surface area contributed by atoms with Gasteiger partial charge in [0.25, 0.3) is 0 Å². The van der Waals surface area contributed by atoms with E-state index in [9.17, 15) is 4.79 Å². The summed E-state index contributed by atoms with van der Waals surface area (Å²) in [6.07, 6.45) is 28.8. The Morgan fingerprint density at radius 2 is 1.29 bits per heavy atom. The summed E-state index contributed by atoms with van der Waals surface area (Å²) in [5.74, 6) is -0.264. The number of carbonyl (C=O) groups excluding carboxylic acids is 1.